The van der Waals surface area contributed by atoms with Crippen LogP contribution in [0.5, 0.6) is 0 Å². The Morgan fingerprint density at radius 3 is 1.66 bits per heavy atom. The van der Waals surface area contributed by atoms with Crippen LogP contribution in [0.15, 0.2) is 24.3 Å². The minimum absolute atomic E-state index is 0.0443. The summed E-state index contributed by atoms with van der Waals surface area (Å²) in [5, 5.41) is 8.57. The van der Waals surface area contributed by atoms with Gasteiger partial charge in [-0.05, 0) is 49.9 Å². The zero-order valence-electron chi connectivity index (χ0n) is 18.4. The maximum atomic E-state index is 11.9. The van der Waals surface area contributed by atoms with E-state index in [0.29, 0.717) is 29.2 Å². The van der Waals surface area contributed by atoms with Gasteiger partial charge in [0.25, 0.3) is 0 Å². The molecule has 0 bridgehead atoms. The Balaban J connectivity index is 0.000000734. The molecular formula is C23H36O6. The average Bonchev–Trinajstić information content (AvgIpc) is 2.76. The van der Waals surface area contributed by atoms with E-state index in [1.54, 1.807) is 0 Å². The summed E-state index contributed by atoms with van der Waals surface area (Å²) in [5.74, 6) is -0.178. The predicted octanol–water partition coefficient (Wildman–Crippen LogP) is 4.58. The fourth-order valence-corrected chi connectivity index (χ4v) is 2.67. The smallest absolute Gasteiger partial charge is 0.338 e. The number of ketones is 1. The molecule has 6 heteroatoms. The summed E-state index contributed by atoms with van der Waals surface area (Å²) >= 11 is 0. The van der Waals surface area contributed by atoms with Gasteiger partial charge in [0.2, 0.25) is 0 Å². The molecule has 0 amide bonds. The van der Waals surface area contributed by atoms with Crippen molar-refractivity contribution in [1.29, 1.82) is 0 Å². The Kier molecular flexibility index (Phi) is 14.5. The highest BCUT2D eigenvalue weighted by Crippen LogP contribution is 2.11. The fraction of sp³-hybridized carbons (Fsp3) is 0.609. The van der Waals surface area contributed by atoms with Crippen LogP contribution in [0.4, 0.5) is 0 Å². The van der Waals surface area contributed by atoms with Crippen LogP contribution in [0.2, 0.25) is 0 Å². The number of carbonyl (C=O) groups is 3. The molecule has 29 heavy (non-hydrogen) atoms. The molecular weight excluding hydrogens is 372 g/mol. The molecule has 1 N–H and O–H groups in total. The van der Waals surface area contributed by atoms with Crippen LogP contribution in [0, 0.1) is 5.92 Å². The van der Waals surface area contributed by atoms with Gasteiger partial charge in [-0.2, -0.15) is 0 Å². The van der Waals surface area contributed by atoms with E-state index in [4.69, 9.17) is 14.6 Å². The first-order chi connectivity index (χ1) is 13.9. The summed E-state index contributed by atoms with van der Waals surface area (Å²) in [5.41, 5.74) is 0.730. The van der Waals surface area contributed by atoms with Crippen LogP contribution in [-0.2, 0) is 14.3 Å². The van der Waals surface area contributed by atoms with Crippen molar-refractivity contribution in [2.24, 2.45) is 5.92 Å². The number of ether oxygens (including phenoxy) is 2. The second-order valence-electron chi connectivity index (χ2n) is 6.61. The second-order valence-corrected chi connectivity index (χ2v) is 6.61. The molecule has 6 nitrogen and oxygen atoms in total. The Bertz CT molecular complexity index is 600. The molecule has 0 aliphatic carbocycles. The van der Waals surface area contributed by atoms with Gasteiger partial charge in [0.15, 0.2) is 0 Å². The Morgan fingerprint density at radius 2 is 1.31 bits per heavy atom. The second kappa shape index (κ2) is 15.7. The van der Waals surface area contributed by atoms with Crippen molar-refractivity contribution in [2.45, 2.75) is 72.8 Å². The quantitative estimate of drug-likeness (QED) is 0.539. The summed E-state index contributed by atoms with van der Waals surface area (Å²) < 4.78 is 10.1. The van der Waals surface area contributed by atoms with Gasteiger partial charge in [-0.25, -0.2) is 9.59 Å². The van der Waals surface area contributed by atoms with Gasteiger partial charge in [0.05, 0.1) is 17.7 Å². The Hall–Kier alpha value is -2.21. The number of esters is 2. The first-order valence-electron chi connectivity index (χ1n) is 10.5. The van der Waals surface area contributed by atoms with Crippen molar-refractivity contribution in [3.05, 3.63) is 35.4 Å². The van der Waals surface area contributed by atoms with Crippen molar-refractivity contribution >= 4 is 17.7 Å². The van der Waals surface area contributed by atoms with Crippen molar-refractivity contribution in [1.82, 2.24) is 0 Å². The van der Waals surface area contributed by atoms with Crippen LogP contribution in [-0.4, -0.2) is 42.1 Å². The number of aliphatic hydroxyl groups is 1. The lowest BCUT2D eigenvalue weighted by Gasteiger charge is -2.13. The van der Waals surface area contributed by atoms with Gasteiger partial charge in [-0.1, -0.05) is 34.6 Å². The van der Waals surface area contributed by atoms with E-state index in [-0.39, 0.29) is 19.3 Å². The van der Waals surface area contributed by atoms with Gasteiger partial charge in [0.1, 0.15) is 18.5 Å². The molecule has 0 fully saturated rings. The Morgan fingerprint density at radius 1 is 0.828 bits per heavy atom. The summed E-state index contributed by atoms with van der Waals surface area (Å²) in [7, 11) is 0. The summed E-state index contributed by atoms with van der Waals surface area (Å²) in [6.07, 6.45) is 4.16. The van der Waals surface area contributed by atoms with Crippen LogP contribution < -0.4 is 0 Å². The van der Waals surface area contributed by atoms with Crippen molar-refractivity contribution in [3.63, 3.8) is 0 Å². The summed E-state index contributed by atoms with van der Waals surface area (Å²) in [4.78, 5) is 34.3. The third kappa shape index (κ3) is 10.2. The molecule has 1 aromatic rings. The molecule has 1 rings (SSSR count). The van der Waals surface area contributed by atoms with Gasteiger partial charge in [-0.15, -0.1) is 0 Å². The number of carbonyl (C=O) groups excluding carboxylic acids is 3. The zero-order valence-corrected chi connectivity index (χ0v) is 18.4. The Labute approximate surface area is 174 Å². The van der Waals surface area contributed by atoms with Gasteiger partial charge in [-0.3, -0.25) is 4.79 Å². The first kappa shape index (κ1) is 26.8. The number of hydrogen-bond acceptors (Lipinski definition) is 6. The van der Waals surface area contributed by atoms with E-state index in [1.807, 2.05) is 20.8 Å². The summed E-state index contributed by atoms with van der Waals surface area (Å²) in [6, 6.07) is 6.06. The molecule has 0 aliphatic heterocycles. The average molecular weight is 409 g/mol. The molecule has 164 valence electrons. The van der Waals surface area contributed by atoms with E-state index in [2.05, 4.69) is 13.8 Å². The number of aliphatic hydroxyl groups excluding tert-OH is 1. The highest BCUT2D eigenvalue weighted by Gasteiger charge is 2.14. The lowest BCUT2D eigenvalue weighted by atomic mass is 9.97. The molecule has 0 spiro atoms. The minimum Gasteiger partial charge on any atom is -0.460 e. The van der Waals surface area contributed by atoms with Gasteiger partial charge in [0, 0.05) is 12.3 Å². The number of rotatable bonds is 11. The largest absolute Gasteiger partial charge is 0.460 e. The lowest BCUT2D eigenvalue weighted by molar-refractivity contribution is -0.122. The van der Waals surface area contributed by atoms with Crippen LogP contribution in [0.25, 0.3) is 0 Å². The molecule has 0 saturated heterocycles. The minimum atomic E-state index is -0.529. The van der Waals surface area contributed by atoms with Crippen LogP contribution >= 0.6 is 0 Å². The summed E-state index contributed by atoms with van der Waals surface area (Å²) in [6.45, 7) is 9.73. The van der Waals surface area contributed by atoms with Gasteiger partial charge < -0.3 is 14.6 Å². The number of Topliss-reactive ketones (excluding diaryl/α,β-unsaturated/α-hetero) is 1. The molecule has 0 heterocycles. The molecule has 0 saturated carbocycles. The standard InChI is InChI=1S/C15H20O5.C8H16O/c1-3-13(4-2)20-15(18)12-7-5-11(6-8-12)14(17)19-10-9-16;1-4-7(5-2)8(9)6-3/h5-8,13,16H,3-4,9-10H2,1-2H3;7H,4-6H2,1-3H3. The SMILES string of the molecule is CCC(=O)C(CC)CC.CCC(CC)OC(=O)c1ccc(C(=O)OCCO)cc1. The van der Waals surface area contributed by atoms with E-state index >= 15 is 0 Å². The van der Waals surface area contributed by atoms with Crippen molar-refractivity contribution in [3.8, 4) is 0 Å². The van der Waals surface area contributed by atoms with Crippen LogP contribution in [0.3, 0.4) is 0 Å². The van der Waals surface area contributed by atoms with E-state index < -0.39 is 11.9 Å². The van der Waals surface area contributed by atoms with Gasteiger partial charge >= 0.3 is 11.9 Å². The number of hydrogen-bond donors (Lipinski definition) is 1. The molecule has 0 unspecified atom stereocenters. The monoisotopic (exact) mass is 408 g/mol. The molecule has 0 radical (unpaired) electrons. The molecule has 1 aromatic carbocycles. The van der Waals surface area contributed by atoms with Crippen LogP contribution in [0.1, 0.15) is 87.4 Å². The normalized spacial score (nSPS) is 10.3. The molecule has 0 aliphatic rings. The topological polar surface area (TPSA) is 89.9 Å². The maximum Gasteiger partial charge on any atom is 0.338 e. The van der Waals surface area contributed by atoms with E-state index in [9.17, 15) is 14.4 Å². The maximum absolute atomic E-state index is 11.9. The highest BCUT2D eigenvalue weighted by molar-refractivity contribution is 5.93. The third-order valence-electron chi connectivity index (χ3n) is 4.65. The van der Waals surface area contributed by atoms with E-state index in [0.717, 1.165) is 25.7 Å². The van der Waals surface area contributed by atoms with Crippen molar-refractivity contribution in [2.75, 3.05) is 13.2 Å². The van der Waals surface area contributed by atoms with Crippen molar-refractivity contribution < 1.29 is 29.0 Å². The zero-order chi connectivity index (χ0) is 22.2. The van der Waals surface area contributed by atoms with E-state index in [1.165, 1.54) is 24.3 Å². The highest BCUT2D eigenvalue weighted by atomic mass is 16.5. The predicted molar refractivity (Wildman–Crippen MR) is 113 cm³/mol. The fourth-order valence-electron chi connectivity index (χ4n) is 2.67. The molecule has 0 atom stereocenters. The third-order valence-corrected chi connectivity index (χ3v) is 4.65. The number of benzene rings is 1. The first-order valence-corrected chi connectivity index (χ1v) is 10.5. The molecule has 0 aromatic heterocycles. The lowest BCUT2D eigenvalue weighted by Crippen LogP contribution is -2.16.